The predicted octanol–water partition coefficient (Wildman–Crippen LogP) is 1.20. The lowest BCUT2D eigenvalue weighted by molar-refractivity contribution is 0.202. The second-order valence-electron chi connectivity index (χ2n) is 4.19. The molecule has 1 aromatic rings. The van der Waals surface area contributed by atoms with E-state index in [-0.39, 0.29) is 6.61 Å². The summed E-state index contributed by atoms with van der Waals surface area (Å²) in [7, 11) is 6.35. The molecular weight excluding hydrogens is 260 g/mol. The lowest BCUT2D eigenvalue weighted by atomic mass is 10.1. The Morgan fingerprint density at radius 2 is 1.75 bits per heavy atom. The van der Waals surface area contributed by atoms with E-state index in [9.17, 15) is 5.26 Å². The molecule has 0 bridgehead atoms. The number of methoxy groups -OCH3 is 3. The minimum absolute atomic E-state index is 0.0148. The molecule has 110 valence electrons. The summed E-state index contributed by atoms with van der Waals surface area (Å²) in [5.41, 5.74) is 0.720. The van der Waals surface area contributed by atoms with Crippen LogP contribution >= 0.6 is 0 Å². The summed E-state index contributed by atoms with van der Waals surface area (Å²) in [6, 6.07) is 5.18. The fraction of sp³-hybridized carbons (Fsp3) is 0.500. The molecule has 1 rings (SSSR count). The maximum Gasteiger partial charge on any atom is 0.203 e. The van der Waals surface area contributed by atoms with Gasteiger partial charge in [-0.2, -0.15) is 5.26 Å². The molecule has 0 heterocycles. The van der Waals surface area contributed by atoms with Crippen LogP contribution in [-0.2, 0) is 0 Å². The van der Waals surface area contributed by atoms with E-state index in [2.05, 4.69) is 6.07 Å². The number of nitriles is 1. The summed E-state index contributed by atoms with van der Waals surface area (Å²) in [4.78, 5) is 1.75. The maximum atomic E-state index is 9.34. The molecule has 0 aliphatic rings. The molecule has 1 unspecified atom stereocenters. The molecule has 1 atom stereocenters. The highest BCUT2D eigenvalue weighted by atomic mass is 16.5. The Morgan fingerprint density at radius 1 is 1.20 bits per heavy atom. The molecule has 20 heavy (non-hydrogen) atoms. The Kier molecular flexibility index (Phi) is 6.10. The van der Waals surface area contributed by atoms with Gasteiger partial charge in [-0.3, -0.25) is 4.90 Å². The number of aliphatic hydroxyl groups excluding tert-OH is 1. The van der Waals surface area contributed by atoms with E-state index in [0.717, 1.165) is 5.56 Å². The highest BCUT2D eigenvalue weighted by Gasteiger charge is 2.21. The van der Waals surface area contributed by atoms with E-state index in [4.69, 9.17) is 19.3 Å². The lowest BCUT2D eigenvalue weighted by Crippen LogP contribution is -2.26. The normalized spacial score (nSPS) is 11.8. The monoisotopic (exact) mass is 280 g/mol. The van der Waals surface area contributed by atoms with Crippen LogP contribution in [0.4, 0.5) is 0 Å². The molecule has 0 fully saturated rings. The van der Waals surface area contributed by atoms with Crippen LogP contribution in [0, 0.1) is 11.3 Å². The third-order valence-electron chi connectivity index (χ3n) is 3.02. The quantitative estimate of drug-likeness (QED) is 0.809. The number of benzene rings is 1. The minimum Gasteiger partial charge on any atom is -0.493 e. The highest BCUT2D eigenvalue weighted by Crippen LogP contribution is 2.40. The van der Waals surface area contributed by atoms with Gasteiger partial charge in [-0.05, 0) is 24.7 Å². The van der Waals surface area contributed by atoms with Crippen LogP contribution in [0.15, 0.2) is 12.1 Å². The third-order valence-corrected chi connectivity index (χ3v) is 3.02. The fourth-order valence-corrected chi connectivity index (χ4v) is 1.97. The first-order valence-electron chi connectivity index (χ1n) is 6.13. The molecule has 0 saturated heterocycles. The number of ether oxygens (including phenoxy) is 3. The second kappa shape index (κ2) is 7.58. The van der Waals surface area contributed by atoms with Crippen molar-refractivity contribution in [1.82, 2.24) is 4.90 Å². The van der Waals surface area contributed by atoms with Gasteiger partial charge in [-0.25, -0.2) is 0 Å². The smallest absolute Gasteiger partial charge is 0.203 e. The molecule has 1 N–H and O–H groups in total. The summed E-state index contributed by atoms with van der Waals surface area (Å²) in [6.07, 6.45) is 0. The number of hydrogen-bond donors (Lipinski definition) is 1. The van der Waals surface area contributed by atoms with Crippen molar-refractivity contribution in [3.8, 4) is 23.3 Å². The van der Waals surface area contributed by atoms with Gasteiger partial charge in [0.2, 0.25) is 5.75 Å². The molecule has 0 aliphatic carbocycles. The number of rotatable bonds is 7. The summed E-state index contributed by atoms with van der Waals surface area (Å²) in [5, 5.41) is 18.3. The van der Waals surface area contributed by atoms with Gasteiger partial charge in [0.05, 0.1) is 34.0 Å². The van der Waals surface area contributed by atoms with E-state index >= 15 is 0 Å². The second-order valence-corrected chi connectivity index (χ2v) is 4.19. The van der Waals surface area contributed by atoms with Crippen molar-refractivity contribution in [1.29, 1.82) is 5.26 Å². The van der Waals surface area contributed by atoms with Gasteiger partial charge >= 0.3 is 0 Å². The van der Waals surface area contributed by atoms with Gasteiger partial charge in [0.25, 0.3) is 0 Å². The average molecular weight is 280 g/mol. The van der Waals surface area contributed by atoms with Crippen molar-refractivity contribution in [2.75, 3.05) is 41.5 Å². The summed E-state index contributed by atoms with van der Waals surface area (Å²) in [6.45, 7) is 0.383. The summed E-state index contributed by atoms with van der Waals surface area (Å²) in [5.74, 6) is 1.49. The topological polar surface area (TPSA) is 75.0 Å². The predicted molar refractivity (Wildman–Crippen MR) is 74.2 cm³/mol. The fourth-order valence-electron chi connectivity index (χ4n) is 1.97. The van der Waals surface area contributed by atoms with Crippen LogP contribution < -0.4 is 14.2 Å². The third kappa shape index (κ3) is 3.32. The van der Waals surface area contributed by atoms with E-state index < -0.39 is 6.04 Å². The number of aliphatic hydroxyl groups is 1. The standard InChI is InChI=1S/C14H20N2O4/c1-16(5-6-17)11(9-15)10-7-12(18-2)14(20-4)13(8-10)19-3/h7-8,11,17H,5-6H2,1-4H3. The van der Waals surface area contributed by atoms with Crippen LogP contribution in [-0.4, -0.2) is 51.5 Å². The molecule has 0 aromatic heterocycles. The van der Waals surface area contributed by atoms with Gasteiger partial charge in [-0.1, -0.05) is 0 Å². The van der Waals surface area contributed by atoms with Gasteiger partial charge in [-0.15, -0.1) is 0 Å². The zero-order chi connectivity index (χ0) is 15.1. The van der Waals surface area contributed by atoms with E-state index in [1.807, 2.05) is 0 Å². The van der Waals surface area contributed by atoms with Crippen LogP contribution in [0.5, 0.6) is 17.2 Å². The van der Waals surface area contributed by atoms with Crippen LogP contribution in [0.1, 0.15) is 11.6 Å². The molecular formula is C14H20N2O4. The summed E-state index contributed by atoms with van der Waals surface area (Å²) < 4.78 is 15.8. The molecule has 0 radical (unpaired) electrons. The molecule has 0 spiro atoms. The SMILES string of the molecule is COc1cc(C(C#N)N(C)CCO)cc(OC)c1OC. The molecule has 0 saturated carbocycles. The highest BCUT2D eigenvalue weighted by molar-refractivity contribution is 5.55. The number of likely N-dealkylation sites (N-methyl/N-ethyl adjacent to an activating group) is 1. The largest absolute Gasteiger partial charge is 0.493 e. The van der Waals surface area contributed by atoms with Crippen molar-refractivity contribution in [2.45, 2.75) is 6.04 Å². The van der Waals surface area contributed by atoms with Gasteiger partial charge in [0.1, 0.15) is 6.04 Å². The maximum absolute atomic E-state index is 9.34. The Morgan fingerprint density at radius 3 is 2.10 bits per heavy atom. The first-order chi connectivity index (χ1) is 9.62. The number of hydrogen-bond acceptors (Lipinski definition) is 6. The van der Waals surface area contributed by atoms with E-state index in [0.29, 0.717) is 23.8 Å². The molecule has 6 heteroatoms. The molecule has 0 aliphatic heterocycles. The Hall–Kier alpha value is -1.97. The van der Waals surface area contributed by atoms with Crippen LogP contribution in [0.3, 0.4) is 0 Å². The first-order valence-corrected chi connectivity index (χ1v) is 6.13. The van der Waals surface area contributed by atoms with Gasteiger partial charge in [0.15, 0.2) is 11.5 Å². The Balaban J connectivity index is 3.27. The summed E-state index contributed by atoms with van der Waals surface area (Å²) >= 11 is 0. The van der Waals surface area contributed by atoms with Crippen LogP contribution in [0.2, 0.25) is 0 Å². The van der Waals surface area contributed by atoms with E-state index in [1.54, 1.807) is 24.1 Å². The average Bonchev–Trinajstić information content (AvgIpc) is 2.47. The van der Waals surface area contributed by atoms with Crippen molar-refractivity contribution < 1.29 is 19.3 Å². The van der Waals surface area contributed by atoms with Crippen molar-refractivity contribution >= 4 is 0 Å². The zero-order valence-corrected chi connectivity index (χ0v) is 12.2. The Bertz CT molecular complexity index is 460. The molecule has 1 aromatic carbocycles. The van der Waals surface area contributed by atoms with Crippen LogP contribution in [0.25, 0.3) is 0 Å². The van der Waals surface area contributed by atoms with Crippen molar-refractivity contribution in [3.63, 3.8) is 0 Å². The van der Waals surface area contributed by atoms with Gasteiger partial charge < -0.3 is 19.3 Å². The molecule has 6 nitrogen and oxygen atoms in total. The zero-order valence-electron chi connectivity index (χ0n) is 12.2. The first kappa shape index (κ1) is 16.1. The Labute approximate surface area is 119 Å². The molecule has 0 amide bonds. The van der Waals surface area contributed by atoms with E-state index in [1.165, 1.54) is 21.3 Å². The number of nitrogens with zero attached hydrogens (tertiary/aromatic N) is 2. The lowest BCUT2D eigenvalue weighted by Gasteiger charge is -2.23. The minimum atomic E-state index is -0.504. The van der Waals surface area contributed by atoms with Crippen molar-refractivity contribution in [2.24, 2.45) is 0 Å². The van der Waals surface area contributed by atoms with Gasteiger partial charge in [0, 0.05) is 6.54 Å². The van der Waals surface area contributed by atoms with Crippen molar-refractivity contribution in [3.05, 3.63) is 17.7 Å².